The minimum Gasteiger partial charge on any atom is -0.446 e. The number of amides is 4. The second-order valence-corrected chi connectivity index (χ2v) is 13.5. The molecule has 4 rings (SSSR count). The summed E-state index contributed by atoms with van der Waals surface area (Å²) in [7, 11) is 0. The lowest BCUT2D eigenvalue weighted by Gasteiger charge is -2.37. The Morgan fingerprint density at radius 3 is 2.36 bits per heavy atom. The van der Waals surface area contributed by atoms with Crippen LogP contribution < -0.4 is 16.0 Å². The van der Waals surface area contributed by atoms with E-state index in [1.165, 1.54) is 6.08 Å². The number of Topliss-reactive ketones (excluding diaryl/α,β-unsaturated/α-hetero) is 1. The van der Waals surface area contributed by atoms with E-state index < -0.39 is 41.8 Å². The molecule has 10 nitrogen and oxygen atoms in total. The normalized spacial score (nSPS) is 29.5. The number of rotatable bonds is 12. The molecule has 4 fully saturated rings. The number of carbonyl (C=O) groups is 5. The van der Waals surface area contributed by atoms with E-state index >= 15 is 0 Å². The molecule has 3 saturated carbocycles. The van der Waals surface area contributed by atoms with Crippen LogP contribution in [0.5, 0.6) is 0 Å². The second kappa shape index (κ2) is 13.6. The fraction of sp³-hybridized carbons (Fsp3) is 0.781. The molecule has 2 unspecified atom stereocenters. The average Bonchev–Trinajstić information content (AvgIpc) is 3.30. The first kappa shape index (κ1) is 32.0. The first-order valence-electron chi connectivity index (χ1n) is 16.0. The first-order chi connectivity index (χ1) is 20.0. The van der Waals surface area contributed by atoms with Crippen molar-refractivity contribution in [2.45, 2.75) is 116 Å². The van der Waals surface area contributed by atoms with Gasteiger partial charge in [0.15, 0.2) is 0 Å². The maximum atomic E-state index is 14.3. The molecule has 3 aliphatic carbocycles. The fourth-order valence-corrected chi connectivity index (χ4v) is 7.65. The summed E-state index contributed by atoms with van der Waals surface area (Å²) >= 11 is 0. The van der Waals surface area contributed by atoms with Crippen molar-refractivity contribution in [1.29, 1.82) is 0 Å². The molecule has 234 valence electrons. The van der Waals surface area contributed by atoms with Gasteiger partial charge in [-0.3, -0.25) is 19.2 Å². The minimum absolute atomic E-state index is 0.0311. The molecule has 0 spiro atoms. The number of likely N-dealkylation sites (tertiary alicyclic amines) is 1. The summed E-state index contributed by atoms with van der Waals surface area (Å²) in [5, 5.41) is 8.26. The van der Waals surface area contributed by atoms with Gasteiger partial charge in [-0.05, 0) is 67.6 Å². The summed E-state index contributed by atoms with van der Waals surface area (Å²) in [6, 6.07) is -2.54. The highest BCUT2D eigenvalue weighted by molar-refractivity contribution is 6.38. The van der Waals surface area contributed by atoms with Crippen molar-refractivity contribution in [1.82, 2.24) is 20.9 Å². The smallest absolute Gasteiger partial charge is 0.408 e. The first-order valence-corrected chi connectivity index (χ1v) is 16.0. The number of hydrogen-bond donors (Lipinski definition) is 3. The summed E-state index contributed by atoms with van der Waals surface area (Å²) in [6.45, 7) is 12.3. The Kier molecular flexibility index (Phi) is 10.4. The molecule has 42 heavy (non-hydrogen) atoms. The van der Waals surface area contributed by atoms with Crippen LogP contribution in [0.15, 0.2) is 12.7 Å². The molecule has 4 amide bonds. The van der Waals surface area contributed by atoms with Crippen LogP contribution in [0.4, 0.5) is 4.79 Å². The fourth-order valence-electron chi connectivity index (χ4n) is 7.65. The predicted molar refractivity (Wildman–Crippen MR) is 158 cm³/mol. The molecule has 0 aromatic heterocycles. The van der Waals surface area contributed by atoms with E-state index in [1.54, 1.807) is 4.90 Å². The van der Waals surface area contributed by atoms with Crippen molar-refractivity contribution in [2.75, 3.05) is 13.1 Å². The molecule has 7 atom stereocenters. The van der Waals surface area contributed by atoms with Crippen LogP contribution in [0.25, 0.3) is 0 Å². The van der Waals surface area contributed by atoms with Crippen LogP contribution in [0.3, 0.4) is 0 Å². The van der Waals surface area contributed by atoms with Gasteiger partial charge in [-0.1, -0.05) is 59.5 Å². The third-order valence-corrected chi connectivity index (χ3v) is 10.3. The molecule has 0 bridgehead atoms. The number of nitrogens with zero attached hydrogens (tertiary/aromatic N) is 1. The van der Waals surface area contributed by atoms with Crippen LogP contribution in [0.1, 0.15) is 91.9 Å². The number of ketones is 1. The van der Waals surface area contributed by atoms with Gasteiger partial charge in [-0.15, -0.1) is 6.58 Å². The summed E-state index contributed by atoms with van der Waals surface area (Å²) in [4.78, 5) is 68.2. The highest BCUT2D eigenvalue weighted by atomic mass is 16.6. The topological polar surface area (TPSA) is 134 Å². The molecular formula is C32H50N4O6. The van der Waals surface area contributed by atoms with Gasteiger partial charge >= 0.3 is 6.09 Å². The number of hydrogen-bond acceptors (Lipinski definition) is 6. The molecule has 1 aliphatic heterocycles. The van der Waals surface area contributed by atoms with E-state index in [2.05, 4.69) is 43.3 Å². The Morgan fingerprint density at radius 2 is 1.74 bits per heavy atom. The summed E-state index contributed by atoms with van der Waals surface area (Å²) < 4.78 is 5.77. The largest absolute Gasteiger partial charge is 0.446 e. The number of fused-ring (bicyclic) bond motifs is 1. The van der Waals surface area contributed by atoms with Gasteiger partial charge in [0, 0.05) is 13.1 Å². The lowest BCUT2D eigenvalue weighted by Crippen LogP contribution is -2.59. The van der Waals surface area contributed by atoms with Crippen LogP contribution >= 0.6 is 0 Å². The van der Waals surface area contributed by atoms with Crippen LogP contribution in [0.2, 0.25) is 0 Å². The number of alkyl carbamates (subject to hydrolysis) is 1. The zero-order valence-corrected chi connectivity index (χ0v) is 25.8. The predicted octanol–water partition coefficient (Wildman–Crippen LogP) is 3.49. The van der Waals surface area contributed by atoms with Crippen molar-refractivity contribution in [3.63, 3.8) is 0 Å². The van der Waals surface area contributed by atoms with E-state index in [0.717, 1.165) is 51.4 Å². The van der Waals surface area contributed by atoms with Gasteiger partial charge in [0.2, 0.25) is 17.6 Å². The van der Waals surface area contributed by atoms with Crippen molar-refractivity contribution in [2.24, 2.45) is 29.1 Å². The Balaban J connectivity index is 1.52. The van der Waals surface area contributed by atoms with Gasteiger partial charge in [0.25, 0.3) is 5.91 Å². The van der Waals surface area contributed by atoms with Crippen molar-refractivity contribution in [3.8, 4) is 0 Å². The molecule has 10 heteroatoms. The molecular weight excluding hydrogens is 536 g/mol. The third-order valence-electron chi connectivity index (χ3n) is 10.3. The maximum Gasteiger partial charge on any atom is 0.408 e. The van der Waals surface area contributed by atoms with Crippen LogP contribution in [-0.2, 0) is 23.9 Å². The van der Waals surface area contributed by atoms with Gasteiger partial charge in [-0.2, -0.15) is 0 Å². The molecule has 4 aliphatic rings. The zero-order valence-electron chi connectivity index (χ0n) is 25.8. The van der Waals surface area contributed by atoms with E-state index in [1.807, 2.05) is 6.92 Å². The van der Waals surface area contributed by atoms with Crippen molar-refractivity contribution >= 4 is 29.6 Å². The average molecular weight is 587 g/mol. The Morgan fingerprint density at radius 1 is 1.02 bits per heavy atom. The van der Waals surface area contributed by atoms with Crippen molar-refractivity contribution < 1.29 is 28.7 Å². The van der Waals surface area contributed by atoms with E-state index in [-0.39, 0.29) is 41.7 Å². The van der Waals surface area contributed by atoms with Gasteiger partial charge < -0.3 is 25.6 Å². The Labute approximate surface area is 250 Å². The molecule has 0 aromatic rings. The quantitative estimate of drug-likeness (QED) is 0.237. The standard InChI is InChI=1S/C32H50N4O6/c1-6-12-22(27(37)29(39)33-17-7-2)34-28(38)26-24-21(32(24,4)5)18-36(26)30(40)25(20-14-9-8-10-15-20)35-31(41)42-23-16-11-13-19(23)3/h7,19-26H,2,6,8-18H2,1,3-5H3,(H,33,39)(H,34,38)(H,35,41)/t19-,21-,22?,23?,24-,25-,26-/m0/s1. The number of piperidine rings is 1. The molecule has 0 aromatic carbocycles. The monoisotopic (exact) mass is 586 g/mol. The van der Waals surface area contributed by atoms with Gasteiger partial charge in [0.05, 0.1) is 6.04 Å². The molecule has 1 saturated heterocycles. The molecule has 3 N–H and O–H groups in total. The Bertz CT molecular complexity index is 1050. The lowest BCUT2D eigenvalue weighted by atomic mass is 9.83. The Hall–Kier alpha value is -2.91. The summed E-state index contributed by atoms with van der Waals surface area (Å²) in [6.07, 6.45) is 9.25. The van der Waals surface area contributed by atoms with E-state index in [4.69, 9.17) is 4.74 Å². The number of carbonyl (C=O) groups excluding carboxylic acids is 5. The van der Waals surface area contributed by atoms with Gasteiger partial charge in [0.1, 0.15) is 18.2 Å². The number of nitrogens with one attached hydrogen (secondary N) is 3. The lowest BCUT2D eigenvalue weighted by molar-refractivity contribution is -0.145. The zero-order chi connectivity index (χ0) is 30.6. The maximum absolute atomic E-state index is 14.3. The summed E-state index contributed by atoms with van der Waals surface area (Å²) in [5.74, 6) is -1.82. The molecule has 1 heterocycles. The van der Waals surface area contributed by atoms with Gasteiger partial charge in [-0.25, -0.2) is 4.79 Å². The van der Waals surface area contributed by atoms with Crippen molar-refractivity contribution in [3.05, 3.63) is 12.7 Å². The highest BCUT2D eigenvalue weighted by Gasteiger charge is 2.69. The SMILES string of the molecule is C=CCNC(=O)C(=O)C(CCC)NC(=O)[C@@H]1[C@@H]2[C@H](CN1C(=O)[C@@H](NC(=O)OC1CCC[C@@H]1C)C1CCCCC1)C2(C)C. The van der Waals surface area contributed by atoms with Crippen LogP contribution in [-0.4, -0.2) is 71.8 Å². The third kappa shape index (κ3) is 6.83. The number of ether oxygens (including phenoxy) is 1. The van der Waals surface area contributed by atoms with E-state index in [9.17, 15) is 24.0 Å². The second-order valence-electron chi connectivity index (χ2n) is 13.5. The minimum atomic E-state index is -0.985. The van der Waals surface area contributed by atoms with E-state index in [0.29, 0.717) is 25.3 Å². The van der Waals surface area contributed by atoms with Crippen LogP contribution in [0, 0.1) is 29.1 Å². The highest BCUT2D eigenvalue weighted by Crippen LogP contribution is 2.65. The summed E-state index contributed by atoms with van der Waals surface area (Å²) in [5.41, 5.74) is -0.129. The molecule has 0 radical (unpaired) electrons.